The maximum atomic E-state index is 12.4. The van der Waals surface area contributed by atoms with Crippen molar-refractivity contribution in [2.24, 2.45) is 5.92 Å². The van der Waals surface area contributed by atoms with Gasteiger partial charge in [-0.1, -0.05) is 0 Å². The van der Waals surface area contributed by atoms with Gasteiger partial charge in [0, 0.05) is 12.7 Å². The van der Waals surface area contributed by atoms with Gasteiger partial charge < -0.3 is 9.73 Å². The molecule has 3 rings (SSSR count). The predicted molar refractivity (Wildman–Crippen MR) is 85.3 cm³/mol. The van der Waals surface area contributed by atoms with Crippen molar-refractivity contribution < 1.29 is 9.21 Å². The number of hydrogen-bond donors (Lipinski definition) is 1. The molecule has 23 heavy (non-hydrogen) atoms. The predicted octanol–water partition coefficient (Wildman–Crippen LogP) is 1.91. The van der Waals surface area contributed by atoms with Gasteiger partial charge in [0.15, 0.2) is 0 Å². The molecule has 1 aliphatic rings. The summed E-state index contributed by atoms with van der Waals surface area (Å²) in [6.07, 6.45) is 7.07. The molecule has 1 saturated heterocycles. The maximum absolute atomic E-state index is 12.4. The van der Waals surface area contributed by atoms with Gasteiger partial charge in [0.05, 0.1) is 42.9 Å². The minimum absolute atomic E-state index is 0.0251. The SMILES string of the molecule is Cc1cnc(CNC(=O)[C@@H]2CCCN(Cc3ccco3)C2)cn1. The number of aromatic nitrogens is 2. The molecule has 2 aromatic rings. The van der Waals surface area contributed by atoms with Crippen molar-refractivity contribution >= 4 is 5.91 Å². The Labute approximate surface area is 135 Å². The summed E-state index contributed by atoms with van der Waals surface area (Å²) in [5.74, 6) is 1.06. The van der Waals surface area contributed by atoms with E-state index in [1.807, 2.05) is 19.1 Å². The first-order valence-electron chi connectivity index (χ1n) is 8.00. The van der Waals surface area contributed by atoms with E-state index >= 15 is 0 Å². The number of furan rings is 1. The van der Waals surface area contributed by atoms with Crippen LogP contribution in [0.15, 0.2) is 35.2 Å². The summed E-state index contributed by atoms with van der Waals surface area (Å²) in [6, 6.07) is 3.87. The van der Waals surface area contributed by atoms with Crippen LogP contribution in [-0.4, -0.2) is 33.9 Å². The van der Waals surface area contributed by atoms with E-state index in [1.54, 1.807) is 18.7 Å². The molecule has 0 saturated carbocycles. The average molecular weight is 314 g/mol. The molecule has 0 spiro atoms. The van der Waals surface area contributed by atoms with Gasteiger partial charge in [-0.05, 0) is 38.4 Å². The fourth-order valence-electron chi connectivity index (χ4n) is 2.87. The monoisotopic (exact) mass is 314 g/mol. The van der Waals surface area contributed by atoms with Crippen molar-refractivity contribution in [2.45, 2.75) is 32.9 Å². The lowest BCUT2D eigenvalue weighted by Gasteiger charge is -2.31. The number of nitrogens with one attached hydrogen (secondary N) is 1. The number of amides is 1. The second-order valence-electron chi connectivity index (χ2n) is 6.02. The molecule has 122 valence electrons. The molecule has 1 aliphatic heterocycles. The first kappa shape index (κ1) is 15.7. The molecular weight excluding hydrogens is 292 g/mol. The first-order valence-corrected chi connectivity index (χ1v) is 8.00. The van der Waals surface area contributed by atoms with Gasteiger partial charge >= 0.3 is 0 Å². The molecule has 3 heterocycles. The summed E-state index contributed by atoms with van der Waals surface area (Å²) in [5, 5.41) is 2.98. The molecule has 0 bridgehead atoms. The van der Waals surface area contributed by atoms with Crippen molar-refractivity contribution in [3.63, 3.8) is 0 Å². The van der Waals surface area contributed by atoms with Crippen LogP contribution in [-0.2, 0) is 17.9 Å². The highest BCUT2D eigenvalue weighted by atomic mass is 16.3. The van der Waals surface area contributed by atoms with Crippen molar-refractivity contribution in [3.05, 3.63) is 47.9 Å². The highest BCUT2D eigenvalue weighted by Crippen LogP contribution is 2.19. The molecule has 0 aliphatic carbocycles. The Bertz CT molecular complexity index is 625. The molecule has 6 nitrogen and oxygen atoms in total. The van der Waals surface area contributed by atoms with E-state index in [4.69, 9.17) is 4.42 Å². The van der Waals surface area contributed by atoms with E-state index in [2.05, 4.69) is 20.2 Å². The maximum Gasteiger partial charge on any atom is 0.224 e. The van der Waals surface area contributed by atoms with Crippen LogP contribution in [0, 0.1) is 12.8 Å². The smallest absolute Gasteiger partial charge is 0.224 e. The number of nitrogens with zero attached hydrogens (tertiary/aromatic N) is 3. The lowest BCUT2D eigenvalue weighted by molar-refractivity contribution is -0.127. The highest BCUT2D eigenvalue weighted by Gasteiger charge is 2.26. The van der Waals surface area contributed by atoms with Gasteiger partial charge in [-0.15, -0.1) is 0 Å². The van der Waals surface area contributed by atoms with Gasteiger partial charge in [0.1, 0.15) is 5.76 Å². The van der Waals surface area contributed by atoms with E-state index < -0.39 is 0 Å². The van der Waals surface area contributed by atoms with E-state index in [1.165, 1.54) is 0 Å². The second kappa shape index (κ2) is 7.37. The van der Waals surface area contributed by atoms with Crippen LogP contribution in [0.4, 0.5) is 0 Å². The Morgan fingerprint density at radius 1 is 1.43 bits per heavy atom. The fourth-order valence-corrected chi connectivity index (χ4v) is 2.87. The van der Waals surface area contributed by atoms with Gasteiger partial charge in [-0.2, -0.15) is 0 Å². The summed E-state index contributed by atoms with van der Waals surface area (Å²) in [6.45, 7) is 4.87. The number of carbonyl (C=O) groups excluding carboxylic acids is 1. The quantitative estimate of drug-likeness (QED) is 0.913. The molecule has 0 aromatic carbocycles. The standard InChI is InChI=1S/C17H22N4O2/c1-13-8-19-15(9-18-13)10-20-17(22)14-4-2-6-21(11-14)12-16-5-3-7-23-16/h3,5,7-9,14H,2,4,6,10-12H2,1H3,(H,20,22)/t14-/m1/s1. The zero-order chi connectivity index (χ0) is 16.1. The lowest BCUT2D eigenvalue weighted by atomic mass is 9.97. The number of carbonyl (C=O) groups is 1. The van der Waals surface area contributed by atoms with Crippen LogP contribution in [0.25, 0.3) is 0 Å². The third-order valence-electron chi connectivity index (χ3n) is 4.11. The van der Waals surface area contributed by atoms with Gasteiger partial charge in [-0.25, -0.2) is 0 Å². The normalized spacial score (nSPS) is 18.7. The van der Waals surface area contributed by atoms with E-state index in [0.717, 1.165) is 49.6 Å². The third-order valence-corrected chi connectivity index (χ3v) is 4.11. The van der Waals surface area contributed by atoms with Crippen molar-refractivity contribution in [2.75, 3.05) is 13.1 Å². The topological polar surface area (TPSA) is 71.3 Å². The summed E-state index contributed by atoms with van der Waals surface area (Å²) in [4.78, 5) is 23.1. The molecule has 0 unspecified atom stereocenters. The molecule has 0 radical (unpaired) electrons. The molecular formula is C17H22N4O2. The summed E-state index contributed by atoms with van der Waals surface area (Å²) >= 11 is 0. The number of likely N-dealkylation sites (tertiary alicyclic amines) is 1. The minimum Gasteiger partial charge on any atom is -0.468 e. The molecule has 1 fully saturated rings. The van der Waals surface area contributed by atoms with Crippen LogP contribution in [0.2, 0.25) is 0 Å². The molecule has 1 N–H and O–H groups in total. The minimum atomic E-state index is 0.0251. The van der Waals surface area contributed by atoms with Crippen molar-refractivity contribution in [3.8, 4) is 0 Å². The van der Waals surface area contributed by atoms with E-state index in [-0.39, 0.29) is 11.8 Å². The van der Waals surface area contributed by atoms with Gasteiger partial charge in [0.2, 0.25) is 5.91 Å². The van der Waals surface area contributed by atoms with Crippen LogP contribution in [0.1, 0.15) is 30.0 Å². The largest absolute Gasteiger partial charge is 0.468 e. The third kappa shape index (κ3) is 4.39. The van der Waals surface area contributed by atoms with Crippen LogP contribution >= 0.6 is 0 Å². The van der Waals surface area contributed by atoms with Gasteiger partial charge in [0.25, 0.3) is 0 Å². The summed E-state index contributed by atoms with van der Waals surface area (Å²) < 4.78 is 5.39. The fraction of sp³-hybridized carbons (Fsp3) is 0.471. The van der Waals surface area contributed by atoms with Crippen molar-refractivity contribution in [1.29, 1.82) is 0 Å². The van der Waals surface area contributed by atoms with E-state index in [9.17, 15) is 4.79 Å². The number of piperidine rings is 1. The van der Waals surface area contributed by atoms with E-state index in [0.29, 0.717) is 6.54 Å². The zero-order valence-corrected chi connectivity index (χ0v) is 13.4. The Kier molecular flexibility index (Phi) is 5.02. The van der Waals surface area contributed by atoms with Crippen LogP contribution < -0.4 is 5.32 Å². The highest BCUT2D eigenvalue weighted by molar-refractivity contribution is 5.78. The lowest BCUT2D eigenvalue weighted by Crippen LogP contribution is -2.42. The Balaban J connectivity index is 1.49. The first-order chi connectivity index (χ1) is 11.2. The molecule has 1 amide bonds. The summed E-state index contributed by atoms with van der Waals surface area (Å²) in [7, 11) is 0. The molecule has 1 atom stereocenters. The average Bonchev–Trinajstić information content (AvgIpc) is 3.07. The molecule has 2 aromatic heterocycles. The van der Waals surface area contributed by atoms with Crippen LogP contribution in [0.3, 0.4) is 0 Å². The summed E-state index contributed by atoms with van der Waals surface area (Å²) in [5.41, 5.74) is 1.66. The Morgan fingerprint density at radius 2 is 2.35 bits per heavy atom. The van der Waals surface area contributed by atoms with Gasteiger partial charge in [-0.3, -0.25) is 19.7 Å². The van der Waals surface area contributed by atoms with Crippen molar-refractivity contribution in [1.82, 2.24) is 20.2 Å². The second-order valence-corrected chi connectivity index (χ2v) is 6.02. The molecule has 6 heteroatoms. The Morgan fingerprint density at radius 3 is 3.09 bits per heavy atom. The van der Waals surface area contributed by atoms with Crippen LogP contribution in [0.5, 0.6) is 0 Å². The number of hydrogen-bond acceptors (Lipinski definition) is 5. The zero-order valence-electron chi connectivity index (χ0n) is 13.4. The number of aryl methyl sites for hydroxylation is 1. The number of rotatable bonds is 5. The Hall–Kier alpha value is -2.21.